The summed E-state index contributed by atoms with van der Waals surface area (Å²) >= 11 is 5.69. The first kappa shape index (κ1) is 17.2. The molecule has 0 aromatic rings. The smallest absolute Gasteiger partial charge is 0.212 e. The average Bonchev–Trinajstić information content (AvgIpc) is 2.28. The number of halogens is 1. The molecule has 3 nitrogen and oxygen atoms in total. The van der Waals surface area contributed by atoms with E-state index in [0.29, 0.717) is 19.0 Å². The molecule has 1 atom stereocenters. The molecule has 0 aromatic heterocycles. The molecule has 0 amide bonds. The summed E-state index contributed by atoms with van der Waals surface area (Å²) in [4.78, 5) is 0. The van der Waals surface area contributed by atoms with Crippen molar-refractivity contribution in [1.29, 1.82) is 0 Å². The minimum absolute atomic E-state index is 0.0208. The van der Waals surface area contributed by atoms with Gasteiger partial charge in [-0.3, -0.25) is 0 Å². The molecule has 0 bridgehead atoms. The molecular formula is C12H26ClNO2S. The van der Waals surface area contributed by atoms with Crippen LogP contribution in [0.3, 0.4) is 0 Å². The summed E-state index contributed by atoms with van der Waals surface area (Å²) in [5.74, 6) is 0.589. The largest absolute Gasteiger partial charge is 0.214 e. The fourth-order valence-corrected chi connectivity index (χ4v) is 3.67. The summed E-state index contributed by atoms with van der Waals surface area (Å²) in [5.41, 5.74) is 0. The van der Waals surface area contributed by atoms with Crippen molar-refractivity contribution in [2.45, 2.75) is 46.5 Å². The van der Waals surface area contributed by atoms with Crippen LogP contribution in [0.1, 0.15) is 46.5 Å². The highest BCUT2D eigenvalue weighted by atomic mass is 35.5. The van der Waals surface area contributed by atoms with Crippen LogP contribution in [0.2, 0.25) is 0 Å². The van der Waals surface area contributed by atoms with Gasteiger partial charge >= 0.3 is 0 Å². The van der Waals surface area contributed by atoms with Crippen LogP contribution in [0.4, 0.5) is 0 Å². The molecule has 0 saturated carbocycles. The number of unbranched alkanes of at least 4 members (excludes halogenated alkanes) is 2. The van der Waals surface area contributed by atoms with Crippen molar-refractivity contribution in [2.75, 3.05) is 24.7 Å². The summed E-state index contributed by atoms with van der Waals surface area (Å²) in [6.45, 7) is 7.32. The summed E-state index contributed by atoms with van der Waals surface area (Å²) < 4.78 is 26.0. The third-order valence-corrected chi connectivity index (χ3v) is 5.34. The fourth-order valence-electron chi connectivity index (χ4n) is 1.57. The second kappa shape index (κ2) is 9.17. The van der Waals surface area contributed by atoms with Gasteiger partial charge in [-0.25, -0.2) is 12.7 Å². The van der Waals surface area contributed by atoms with Gasteiger partial charge in [0.05, 0.1) is 5.75 Å². The molecule has 0 spiro atoms. The van der Waals surface area contributed by atoms with Gasteiger partial charge in [0.25, 0.3) is 0 Å². The van der Waals surface area contributed by atoms with E-state index in [0.717, 1.165) is 25.7 Å². The highest BCUT2D eigenvalue weighted by molar-refractivity contribution is 7.89. The maximum atomic E-state index is 12.2. The number of rotatable bonds is 10. The van der Waals surface area contributed by atoms with Crippen LogP contribution in [0.15, 0.2) is 0 Å². The predicted molar refractivity (Wildman–Crippen MR) is 75.1 cm³/mol. The SMILES string of the molecule is CCCCN(CCCC)S(=O)(=O)CC(C)CCl. The van der Waals surface area contributed by atoms with E-state index in [2.05, 4.69) is 13.8 Å². The van der Waals surface area contributed by atoms with E-state index < -0.39 is 10.0 Å². The van der Waals surface area contributed by atoms with Gasteiger partial charge in [-0.15, -0.1) is 11.6 Å². The molecule has 0 N–H and O–H groups in total. The van der Waals surface area contributed by atoms with Crippen molar-refractivity contribution in [2.24, 2.45) is 5.92 Å². The normalized spacial score (nSPS) is 14.2. The molecule has 0 heterocycles. The van der Waals surface area contributed by atoms with Crippen LogP contribution in [-0.4, -0.2) is 37.4 Å². The van der Waals surface area contributed by atoms with Crippen LogP contribution in [0, 0.1) is 5.92 Å². The first-order valence-corrected chi connectivity index (χ1v) is 8.66. The quantitative estimate of drug-likeness (QED) is 0.578. The Balaban J connectivity index is 4.51. The molecule has 0 rings (SSSR count). The molecule has 1 unspecified atom stereocenters. The second-order valence-electron chi connectivity index (χ2n) is 4.64. The third kappa shape index (κ3) is 7.27. The van der Waals surface area contributed by atoms with E-state index in [-0.39, 0.29) is 11.7 Å². The Labute approximate surface area is 112 Å². The molecule has 0 saturated heterocycles. The molecule has 104 valence electrons. The molecule has 17 heavy (non-hydrogen) atoms. The second-order valence-corrected chi connectivity index (χ2v) is 6.97. The van der Waals surface area contributed by atoms with Crippen molar-refractivity contribution in [3.05, 3.63) is 0 Å². The summed E-state index contributed by atoms with van der Waals surface area (Å²) in [6, 6.07) is 0. The molecule has 0 aromatic carbocycles. The number of hydrogen-bond donors (Lipinski definition) is 0. The fraction of sp³-hybridized carbons (Fsp3) is 1.00. The van der Waals surface area contributed by atoms with Crippen LogP contribution in [0.5, 0.6) is 0 Å². The van der Waals surface area contributed by atoms with Crippen molar-refractivity contribution in [3.8, 4) is 0 Å². The Morgan fingerprint density at radius 3 is 1.94 bits per heavy atom. The lowest BCUT2D eigenvalue weighted by Gasteiger charge is -2.23. The van der Waals surface area contributed by atoms with Gasteiger partial charge in [-0.1, -0.05) is 33.6 Å². The van der Waals surface area contributed by atoms with E-state index in [1.54, 1.807) is 4.31 Å². The lowest BCUT2D eigenvalue weighted by Crippen LogP contribution is -2.36. The zero-order valence-corrected chi connectivity index (χ0v) is 12.9. The number of sulfonamides is 1. The van der Waals surface area contributed by atoms with E-state index >= 15 is 0 Å². The molecule has 0 aliphatic heterocycles. The minimum atomic E-state index is -3.13. The van der Waals surface area contributed by atoms with Gasteiger partial charge in [-0.2, -0.15) is 0 Å². The Kier molecular flexibility index (Phi) is 9.28. The van der Waals surface area contributed by atoms with Gasteiger partial charge in [0.1, 0.15) is 0 Å². The van der Waals surface area contributed by atoms with E-state index in [9.17, 15) is 8.42 Å². The van der Waals surface area contributed by atoms with E-state index in [1.165, 1.54) is 0 Å². The maximum absolute atomic E-state index is 12.2. The zero-order valence-electron chi connectivity index (χ0n) is 11.3. The van der Waals surface area contributed by atoms with E-state index in [4.69, 9.17) is 11.6 Å². The van der Waals surface area contributed by atoms with Crippen molar-refractivity contribution < 1.29 is 8.42 Å². The first-order valence-electron chi connectivity index (χ1n) is 6.51. The van der Waals surface area contributed by atoms with Crippen LogP contribution in [0.25, 0.3) is 0 Å². The Bertz CT molecular complexity index is 272. The third-order valence-electron chi connectivity index (χ3n) is 2.67. The highest BCUT2D eigenvalue weighted by Crippen LogP contribution is 2.11. The topological polar surface area (TPSA) is 37.4 Å². The lowest BCUT2D eigenvalue weighted by atomic mass is 10.3. The van der Waals surface area contributed by atoms with Gasteiger partial charge in [0.15, 0.2) is 0 Å². The monoisotopic (exact) mass is 283 g/mol. The van der Waals surface area contributed by atoms with Gasteiger partial charge in [-0.05, 0) is 18.8 Å². The molecular weight excluding hydrogens is 258 g/mol. The Morgan fingerprint density at radius 2 is 1.59 bits per heavy atom. The zero-order chi connectivity index (χ0) is 13.3. The van der Waals surface area contributed by atoms with Gasteiger partial charge in [0, 0.05) is 19.0 Å². The van der Waals surface area contributed by atoms with Crippen molar-refractivity contribution in [1.82, 2.24) is 4.31 Å². The first-order chi connectivity index (χ1) is 7.97. The molecule has 5 heteroatoms. The molecule has 0 radical (unpaired) electrons. The Hall–Kier alpha value is 0.200. The standard InChI is InChI=1S/C12H26ClNO2S/c1-4-6-8-14(9-7-5-2)17(15,16)11-12(3)10-13/h12H,4-11H2,1-3H3. The predicted octanol–water partition coefficient (Wildman–Crippen LogP) is 3.09. The molecule has 0 aliphatic rings. The van der Waals surface area contributed by atoms with Crippen molar-refractivity contribution in [3.63, 3.8) is 0 Å². The summed E-state index contributed by atoms with van der Waals surface area (Å²) in [6.07, 6.45) is 3.89. The maximum Gasteiger partial charge on any atom is 0.214 e. The van der Waals surface area contributed by atoms with Crippen molar-refractivity contribution >= 4 is 21.6 Å². The van der Waals surface area contributed by atoms with Crippen LogP contribution < -0.4 is 0 Å². The average molecular weight is 284 g/mol. The minimum Gasteiger partial charge on any atom is -0.212 e. The Morgan fingerprint density at radius 1 is 1.12 bits per heavy atom. The lowest BCUT2D eigenvalue weighted by molar-refractivity contribution is 0.392. The number of alkyl halides is 1. The number of hydrogen-bond acceptors (Lipinski definition) is 2. The summed E-state index contributed by atoms with van der Waals surface area (Å²) in [5, 5.41) is 0. The molecule has 0 aliphatic carbocycles. The van der Waals surface area contributed by atoms with Crippen LogP contribution >= 0.6 is 11.6 Å². The van der Waals surface area contributed by atoms with Gasteiger partial charge < -0.3 is 0 Å². The van der Waals surface area contributed by atoms with Crippen LogP contribution in [-0.2, 0) is 10.0 Å². The van der Waals surface area contributed by atoms with E-state index in [1.807, 2.05) is 6.92 Å². The highest BCUT2D eigenvalue weighted by Gasteiger charge is 2.23. The van der Waals surface area contributed by atoms with Gasteiger partial charge in [0.2, 0.25) is 10.0 Å². The molecule has 0 fully saturated rings. The number of nitrogens with zero attached hydrogens (tertiary/aromatic N) is 1. The summed E-state index contributed by atoms with van der Waals surface area (Å²) in [7, 11) is -3.13.